The fraction of sp³-hybridized carbons (Fsp3) is 0.267. The highest BCUT2D eigenvalue weighted by molar-refractivity contribution is 5.54. The lowest BCUT2D eigenvalue weighted by Crippen LogP contribution is -2.04. The van der Waals surface area contributed by atoms with Gasteiger partial charge in [0.2, 0.25) is 0 Å². The first-order valence-electron chi connectivity index (χ1n) is 6.20. The molecule has 0 aliphatic carbocycles. The minimum Gasteiger partial charge on any atom is -0.491 e. The van der Waals surface area contributed by atoms with E-state index in [0.717, 1.165) is 24.3 Å². The summed E-state index contributed by atoms with van der Waals surface area (Å²) in [7, 11) is 0. The van der Waals surface area contributed by atoms with Crippen molar-refractivity contribution in [2.24, 2.45) is 0 Å². The van der Waals surface area contributed by atoms with Crippen LogP contribution >= 0.6 is 0 Å². The molecule has 18 heavy (non-hydrogen) atoms. The van der Waals surface area contributed by atoms with Crippen molar-refractivity contribution >= 4 is 5.69 Å². The quantitative estimate of drug-likeness (QED) is 0.820. The summed E-state index contributed by atoms with van der Waals surface area (Å²) < 4.78 is 5.68. The average molecular weight is 242 g/mol. The molecule has 0 radical (unpaired) electrons. The standard InChI is InChI=1S/C15H18N2O/c1-2-12-6-7-15(14(16)11-12)18-10-8-13-5-3-4-9-17-13/h3-7,9,11H,2,8,10,16H2,1H3. The molecule has 2 aromatic rings. The van der Waals surface area contributed by atoms with Gasteiger partial charge in [-0.15, -0.1) is 0 Å². The van der Waals surface area contributed by atoms with Crippen molar-refractivity contribution in [2.75, 3.05) is 12.3 Å². The number of anilines is 1. The molecular weight excluding hydrogens is 224 g/mol. The highest BCUT2D eigenvalue weighted by atomic mass is 16.5. The molecule has 0 atom stereocenters. The predicted molar refractivity (Wildman–Crippen MR) is 73.7 cm³/mol. The van der Waals surface area contributed by atoms with Crippen LogP contribution in [0.15, 0.2) is 42.6 Å². The van der Waals surface area contributed by atoms with Crippen LogP contribution in [0.3, 0.4) is 0 Å². The summed E-state index contributed by atoms with van der Waals surface area (Å²) in [6.45, 7) is 2.70. The molecule has 0 amide bonds. The number of nitrogen functional groups attached to an aromatic ring is 1. The van der Waals surface area contributed by atoms with Gasteiger partial charge in [0.25, 0.3) is 0 Å². The van der Waals surface area contributed by atoms with Gasteiger partial charge >= 0.3 is 0 Å². The van der Waals surface area contributed by atoms with Gasteiger partial charge in [0, 0.05) is 18.3 Å². The molecule has 0 unspecified atom stereocenters. The molecule has 0 fully saturated rings. The van der Waals surface area contributed by atoms with Gasteiger partial charge in [-0.25, -0.2) is 0 Å². The summed E-state index contributed by atoms with van der Waals surface area (Å²) in [5.74, 6) is 0.753. The van der Waals surface area contributed by atoms with Gasteiger partial charge in [-0.2, -0.15) is 0 Å². The Morgan fingerprint density at radius 3 is 2.78 bits per heavy atom. The van der Waals surface area contributed by atoms with Crippen molar-refractivity contribution in [2.45, 2.75) is 19.8 Å². The SMILES string of the molecule is CCc1ccc(OCCc2ccccn2)c(N)c1. The fourth-order valence-corrected chi connectivity index (χ4v) is 1.76. The maximum atomic E-state index is 5.94. The number of ether oxygens (including phenoxy) is 1. The Morgan fingerprint density at radius 2 is 2.11 bits per heavy atom. The first-order valence-corrected chi connectivity index (χ1v) is 6.20. The maximum Gasteiger partial charge on any atom is 0.142 e. The van der Waals surface area contributed by atoms with Gasteiger partial charge in [-0.3, -0.25) is 4.98 Å². The zero-order valence-corrected chi connectivity index (χ0v) is 10.6. The number of pyridine rings is 1. The van der Waals surface area contributed by atoms with Crippen LogP contribution in [0.5, 0.6) is 5.75 Å². The fourth-order valence-electron chi connectivity index (χ4n) is 1.76. The van der Waals surface area contributed by atoms with E-state index < -0.39 is 0 Å². The van der Waals surface area contributed by atoms with E-state index in [4.69, 9.17) is 10.5 Å². The highest BCUT2D eigenvalue weighted by Gasteiger charge is 2.01. The Balaban J connectivity index is 1.91. The molecule has 3 heteroatoms. The Bertz CT molecular complexity index is 497. The molecule has 3 nitrogen and oxygen atoms in total. The normalized spacial score (nSPS) is 10.3. The largest absolute Gasteiger partial charge is 0.491 e. The van der Waals surface area contributed by atoms with Crippen LogP contribution in [0.2, 0.25) is 0 Å². The van der Waals surface area contributed by atoms with Crippen LogP contribution in [-0.4, -0.2) is 11.6 Å². The van der Waals surface area contributed by atoms with E-state index in [1.165, 1.54) is 5.56 Å². The highest BCUT2D eigenvalue weighted by Crippen LogP contribution is 2.22. The molecular formula is C15H18N2O. The van der Waals surface area contributed by atoms with Crippen LogP contribution in [0.25, 0.3) is 0 Å². The minimum atomic E-state index is 0.590. The molecule has 0 saturated carbocycles. The zero-order chi connectivity index (χ0) is 12.8. The van der Waals surface area contributed by atoms with Crippen LogP contribution in [0.4, 0.5) is 5.69 Å². The van der Waals surface area contributed by atoms with Gasteiger partial charge in [0.15, 0.2) is 0 Å². The molecule has 2 N–H and O–H groups in total. The molecule has 0 aliphatic rings. The number of aryl methyl sites for hydroxylation is 1. The number of rotatable bonds is 5. The van der Waals surface area contributed by atoms with Crippen molar-refractivity contribution in [3.63, 3.8) is 0 Å². The molecule has 1 aromatic heterocycles. The first-order chi connectivity index (χ1) is 8.79. The van der Waals surface area contributed by atoms with Gasteiger partial charge < -0.3 is 10.5 Å². The Labute approximate surface area is 108 Å². The maximum absolute atomic E-state index is 5.94. The second-order valence-corrected chi connectivity index (χ2v) is 4.15. The lowest BCUT2D eigenvalue weighted by atomic mass is 10.1. The third-order valence-electron chi connectivity index (χ3n) is 2.82. The van der Waals surface area contributed by atoms with Crippen LogP contribution in [0, 0.1) is 0 Å². The predicted octanol–water partition coefficient (Wildman–Crippen LogP) is 2.85. The third kappa shape index (κ3) is 3.23. The number of hydrogen-bond donors (Lipinski definition) is 1. The summed E-state index contributed by atoms with van der Waals surface area (Å²) in [6.07, 6.45) is 3.56. The number of hydrogen-bond acceptors (Lipinski definition) is 3. The first kappa shape index (κ1) is 12.4. The van der Waals surface area contributed by atoms with Gasteiger partial charge in [0.05, 0.1) is 12.3 Å². The van der Waals surface area contributed by atoms with Crippen molar-refractivity contribution in [1.29, 1.82) is 0 Å². The number of aromatic nitrogens is 1. The summed E-state index contributed by atoms with van der Waals surface area (Å²) in [5.41, 5.74) is 8.90. The molecule has 1 aromatic carbocycles. The van der Waals surface area contributed by atoms with E-state index in [1.807, 2.05) is 36.4 Å². The third-order valence-corrected chi connectivity index (χ3v) is 2.82. The Hall–Kier alpha value is -2.03. The zero-order valence-electron chi connectivity index (χ0n) is 10.6. The van der Waals surface area contributed by atoms with E-state index in [0.29, 0.717) is 12.3 Å². The smallest absolute Gasteiger partial charge is 0.142 e. The summed E-state index contributed by atoms with van der Waals surface area (Å²) in [4.78, 5) is 4.25. The topological polar surface area (TPSA) is 48.1 Å². The molecule has 94 valence electrons. The number of nitrogens with zero attached hydrogens (tertiary/aromatic N) is 1. The molecule has 0 spiro atoms. The number of benzene rings is 1. The van der Waals surface area contributed by atoms with Crippen LogP contribution in [-0.2, 0) is 12.8 Å². The lowest BCUT2D eigenvalue weighted by Gasteiger charge is -2.09. The molecule has 2 rings (SSSR count). The van der Waals surface area contributed by atoms with Crippen LogP contribution in [0.1, 0.15) is 18.2 Å². The minimum absolute atomic E-state index is 0.590. The van der Waals surface area contributed by atoms with Crippen LogP contribution < -0.4 is 10.5 Å². The Kier molecular flexibility index (Phi) is 4.18. The van der Waals surface area contributed by atoms with Crippen molar-refractivity contribution in [1.82, 2.24) is 4.98 Å². The van der Waals surface area contributed by atoms with Gasteiger partial charge in [-0.05, 0) is 36.2 Å². The summed E-state index contributed by atoms with van der Waals surface area (Å²) in [6, 6.07) is 11.8. The summed E-state index contributed by atoms with van der Waals surface area (Å²) in [5, 5.41) is 0. The monoisotopic (exact) mass is 242 g/mol. The molecule has 1 heterocycles. The van der Waals surface area contributed by atoms with Gasteiger partial charge in [-0.1, -0.05) is 19.1 Å². The lowest BCUT2D eigenvalue weighted by molar-refractivity contribution is 0.322. The second-order valence-electron chi connectivity index (χ2n) is 4.15. The molecule has 0 aliphatic heterocycles. The molecule has 0 saturated heterocycles. The van der Waals surface area contributed by atoms with E-state index in [9.17, 15) is 0 Å². The van der Waals surface area contributed by atoms with E-state index in [1.54, 1.807) is 6.20 Å². The van der Waals surface area contributed by atoms with Crippen molar-refractivity contribution in [3.05, 3.63) is 53.9 Å². The Morgan fingerprint density at radius 1 is 1.22 bits per heavy atom. The van der Waals surface area contributed by atoms with Gasteiger partial charge in [0.1, 0.15) is 5.75 Å². The number of nitrogens with two attached hydrogens (primary N) is 1. The van der Waals surface area contributed by atoms with E-state index >= 15 is 0 Å². The second kappa shape index (κ2) is 6.05. The summed E-state index contributed by atoms with van der Waals surface area (Å²) >= 11 is 0. The average Bonchev–Trinajstić information content (AvgIpc) is 2.42. The van der Waals surface area contributed by atoms with Crippen molar-refractivity contribution < 1.29 is 4.74 Å². The molecule has 0 bridgehead atoms. The van der Waals surface area contributed by atoms with E-state index in [-0.39, 0.29) is 0 Å². The van der Waals surface area contributed by atoms with Crippen molar-refractivity contribution in [3.8, 4) is 5.75 Å². The van der Waals surface area contributed by atoms with E-state index in [2.05, 4.69) is 11.9 Å².